The molecule has 0 saturated carbocycles. The molecular weight excluding hydrogens is 218 g/mol. The zero-order valence-electron chi connectivity index (χ0n) is 9.54. The fourth-order valence-electron chi connectivity index (χ4n) is 1.51. The molecule has 17 heavy (non-hydrogen) atoms. The zero-order valence-corrected chi connectivity index (χ0v) is 9.54. The van der Waals surface area contributed by atoms with E-state index in [0.29, 0.717) is 26.4 Å². The van der Waals surface area contributed by atoms with E-state index in [2.05, 4.69) is 0 Å². The highest BCUT2D eigenvalue weighted by Crippen LogP contribution is 2.05. The minimum Gasteiger partial charge on any atom is -0.444 e. The van der Waals surface area contributed by atoms with E-state index < -0.39 is 0 Å². The Morgan fingerprint density at radius 2 is 2.18 bits per heavy atom. The summed E-state index contributed by atoms with van der Waals surface area (Å²) in [5.41, 5.74) is 0.982. The molecular formula is C13H15NO3. The van der Waals surface area contributed by atoms with Gasteiger partial charge in [-0.2, -0.15) is 0 Å². The number of nitrogens with zero attached hydrogens (tertiary/aromatic N) is 1. The second-order valence-electron chi connectivity index (χ2n) is 3.69. The van der Waals surface area contributed by atoms with E-state index in [1.165, 1.54) is 4.90 Å². The first-order chi connectivity index (χ1) is 8.36. The highest BCUT2D eigenvalue weighted by atomic mass is 16.6. The van der Waals surface area contributed by atoms with Crippen molar-refractivity contribution in [2.75, 3.05) is 19.8 Å². The van der Waals surface area contributed by atoms with Gasteiger partial charge in [0, 0.05) is 6.20 Å². The molecule has 2 rings (SSSR count). The number of amides is 1. The Labute approximate surface area is 100 Å². The molecule has 0 aromatic heterocycles. The van der Waals surface area contributed by atoms with E-state index in [0.717, 1.165) is 5.56 Å². The monoisotopic (exact) mass is 233 g/mol. The normalized spacial score (nSPS) is 15.4. The number of rotatable bonds is 2. The maximum atomic E-state index is 11.7. The van der Waals surface area contributed by atoms with Crippen LogP contribution in [0.2, 0.25) is 0 Å². The second kappa shape index (κ2) is 6.06. The van der Waals surface area contributed by atoms with Gasteiger partial charge in [0.1, 0.15) is 6.61 Å². The Kier molecular flexibility index (Phi) is 4.16. The second-order valence-corrected chi connectivity index (χ2v) is 3.69. The van der Waals surface area contributed by atoms with E-state index in [4.69, 9.17) is 9.47 Å². The molecule has 4 nitrogen and oxygen atoms in total. The highest BCUT2D eigenvalue weighted by molar-refractivity contribution is 5.68. The van der Waals surface area contributed by atoms with Gasteiger partial charge < -0.3 is 9.47 Å². The number of benzene rings is 1. The van der Waals surface area contributed by atoms with Crippen molar-refractivity contribution in [3.05, 3.63) is 48.2 Å². The van der Waals surface area contributed by atoms with Crippen molar-refractivity contribution < 1.29 is 14.3 Å². The first kappa shape index (κ1) is 11.7. The Hall–Kier alpha value is -1.81. The summed E-state index contributed by atoms with van der Waals surface area (Å²) in [7, 11) is 0. The summed E-state index contributed by atoms with van der Waals surface area (Å²) in [4.78, 5) is 13.2. The maximum absolute atomic E-state index is 11.7. The van der Waals surface area contributed by atoms with Gasteiger partial charge in [-0.1, -0.05) is 30.3 Å². The van der Waals surface area contributed by atoms with Gasteiger partial charge in [-0.15, -0.1) is 0 Å². The molecule has 0 fully saturated rings. The van der Waals surface area contributed by atoms with Gasteiger partial charge in [0.2, 0.25) is 0 Å². The third-order valence-electron chi connectivity index (χ3n) is 2.42. The van der Waals surface area contributed by atoms with Gasteiger partial charge >= 0.3 is 6.09 Å². The van der Waals surface area contributed by atoms with E-state index in [1.54, 1.807) is 12.3 Å². The van der Waals surface area contributed by atoms with Crippen molar-refractivity contribution in [1.82, 2.24) is 4.90 Å². The van der Waals surface area contributed by atoms with Crippen LogP contribution in [-0.4, -0.2) is 30.8 Å². The molecule has 0 spiro atoms. The highest BCUT2D eigenvalue weighted by Gasteiger charge is 2.13. The fourth-order valence-corrected chi connectivity index (χ4v) is 1.51. The molecule has 90 valence electrons. The molecule has 4 heteroatoms. The van der Waals surface area contributed by atoms with Crippen molar-refractivity contribution in [3.63, 3.8) is 0 Å². The lowest BCUT2D eigenvalue weighted by atomic mass is 10.2. The third kappa shape index (κ3) is 3.60. The molecule has 0 atom stereocenters. The van der Waals surface area contributed by atoms with E-state index in [9.17, 15) is 4.79 Å². The van der Waals surface area contributed by atoms with Crippen LogP contribution in [0.4, 0.5) is 4.79 Å². The van der Waals surface area contributed by atoms with E-state index in [-0.39, 0.29) is 6.09 Å². The summed E-state index contributed by atoms with van der Waals surface area (Å²) in [6, 6.07) is 9.62. The molecule has 1 aliphatic heterocycles. The molecule has 1 aromatic carbocycles. The lowest BCUT2D eigenvalue weighted by molar-refractivity contribution is 0.0986. The lowest BCUT2D eigenvalue weighted by Crippen LogP contribution is -2.28. The van der Waals surface area contributed by atoms with Crippen molar-refractivity contribution in [2.45, 2.75) is 6.61 Å². The average Bonchev–Trinajstić information content (AvgIpc) is 2.66. The summed E-state index contributed by atoms with van der Waals surface area (Å²) in [6.45, 7) is 1.91. The molecule has 1 amide bonds. The van der Waals surface area contributed by atoms with Crippen molar-refractivity contribution >= 4 is 6.09 Å². The van der Waals surface area contributed by atoms with Gasteiger partial charge in [0.15, 0.2) is 0 Å². The summed E-state index contributed by atoms with van der Waals surface area (Å²) in [5.74, 6) is 0. The molecule has 0 aliphatic carbocycles. The maximum Gasteiger partial charge on any atom is 0.414 e. The number of hydrogen-bond acceptors (Lipinski definition) is 3. The van der Waals surface area contributed by atoms with Gasteiger partial charge in [0.05, 0.1) is 19.8 Å². The third-order valence-corrected chi connectivity index (χ3v) is 2.42. The molecule has 0 saturated heterocycles. The minimum atomic E-state index is -0.337. The van der Waals surface area contributed by atoms with Crippen LogP contribution in [0.25, 0.3) is 0 Å². The molecule has 0 unspecified atom stereocenters. The smallest absolute Gasteiger partial charge is 0.414 e. The summed E-state index contributed by atoms with van der Waals surface area (Å²) >= 11 is 0. The topological polar surface area (TPSA) is 38.8 Å². The van der Waals surface area contributed by atoms with Crippen LogP contribution >= 0.6 is 0 Å². The Balaban J connectivity index is 1.84. The molecule has 0 bridgehead atoms. The van der Waals surface area contributed by atoms with Crippen LogP contribution in [0.3, 0.4) is 0 Å². The van der Waals surface area contributed by atoms with Gasteiger partial charge in [0.25, 0.3) is 0 Å². The van der Waals surface area contributed by atoms with Crippen LogP contribution in [0.5, 0.6) is 0 Å². The zero-order chi connectivity index (χ0) is 11.9. The molecule has 1 heterocycles. The Bertz CT molecular complexity index is 389. The van der Waals surface area contributed by atoms with Crippen LogP contribution in [0, 0.1) is 0 Å². The summed E-state index contributed by atoms with van der Waals surface area (Å²) in [5, 5.41) is 0. The first-order valence-electron chi connectivity index (χ1n) is 5.58. The van der Waals surface area contributed by atoms with Crippen LogP contribution in [0.1, 0.15) is 5.56 Å². The van der Waals surface area contributed by atoms with Crippen LogP contribution in [-0.2, 0) is 16.1 Å². The average molecular weight is 233 g/mol. The van der Waals surface area contributed by atoms with Crippen molar-refractivity contribution in [3.8, 4) is 0 Å². The quantitative estimate of drug-likeness (QED) is 0.785. The predicted octanol–water partition coefficient (Wildman–Crippen LogP) is 2.17. The van der Waals surface area contributed by atoms with E-state index in [1.807, 2.05) is 30.3 Å². The standard InChI is InChI=1S/C13H15NO3/c15-13(14-7-4-9-16-10-8-14)17-11-12-5-2-1-3-6-12/h1-7H,8-11H2. The van der Waals surface area contributed by atoms with Gasteiger partial charge in [-0.25, -0.2) is 4.79 Å². The van der Waals surface area contributed by atoms with Crippen LogP contribution < -0.4 is 0 Å². The molecule has 0 N–H and O–H groups in total. The predicted molar refractivity (Wildman–Crippen MR) is 63.3 cm³/mol. The SMILES string of the molecule is O=C(OCc1ccccc1)N1C=CCOCC1. The Morgan fingerprint density at radius 1 is 1.35 bits per heavy atom. The van der Waals surface area contributed by atoms with Gasteiger partial charge in [-0.3, -0.25) is 4.90 Å². The van der Waals surface area contributed by atoms with Crippen molar-refractivity contribution in [2.24, 2.45) is 0 Å². The van der Waals surface area contributed by atoms with E-state index >= 15 is 0 Å². The Morgan fingerprint density at radius 3 is 3.00 bits per heavy atom. The van der Waals surface area contributed by atoms with Gasteiger partial charge in [-0.05, 0) is 11.6 Å². The van der Waals surface area contributed by atoms with Crippen LogP contribution in [0.15, 0.2) is 42.6 Å². The molecule has 0 radical (unpaired) electrons. The minimum absolute atomic E-state index is 0.296. The van der Waals surface area contributed by atoms with Crippen molar-refractivity contribution in [1.29, 1.82) is 0 Å². The largest absolute Gasteiger partial charge is 0.444 e. The summed E-state index contributed by atoms with van der Waals surface area (Å²) < 4.78 is 10.4. The summed E-state index contributed by atoms with van der Waals surface area (Å²) in [6.07, 6.45) is 3.17. The first-order valence-corrected chi connectivity index (χ1v) is 5.58. The number of ether oxygens (including phenoxy) is 2. The number of carbonyl (C=O) groups excluding carboxylic acids is 1. The lowest BCUT2D eigenvalue weighted by Gasteiger charge is -2.16. The molecule has 1 aliphatic rings. The number of carbonyl (C=O) groups is 1. The number of hydrogen-bond donors (Lipinski definition) is 0. The fraction of sp³-hybridized carbons (Fsp3) is 0.308. The molecule has 1 aromatic rings.